The number of hydrogen-bond acceptors (Lipinski definition) is 4. The number of carbonyl (C=O) groups is 1. The standard InChI is InChI=1S/C20H21N3O4S/c1-14-4-8-17(9-5-14)21-20(24)19-13-23(28(25,26)22-15(19)2)12-16-6-10-18(27-3)11-7-16/h4-11,13H,12H2,1-3H3,(H,21,24). The van der Waals surface area contributed by atoms with E-state index in [0.29, 0.717) is 11.4 Å². The summed E-state index contributed by atoms with van der Waals surface area (Å²) < 4.78 is 34.8. The van der Waals surface area contributed by atoms with Crippen molar-refractivity contribution in [1.82, 2.24) is 4.31 Å². The van der Waals surface area contributed by atoms with E-state index in [2.05, 4.69) is 9.71 Å². The van der Waals surface area contributed by atoms with Gasteiger partial charge in [-0.2, -0.15) is 8.42 Å². The Morgan fingerprint density at radius 3 is 2.32 bits per heavy atom. The molecule has 3 rings (SSSR count). The van der Waals surface area contributed by atoms with Gasteiger partial charge in [0.05, 0.1) is 24.9 Å². The lowest BCUT2D eigenvalue weighted by Gasteiger charge is -2.23. The van der Waals surface area contributed by atoms with Crippen LogP contribution in [0.3, 0.4) is 0 Å². The maximum atomic E-state index is 12.7. The van der Waals surface area contributed by atoms with Gasteiger partial charge in [-0.1, -0.05) is 29.8 Å². The van der Waals surface area contributed by atoms with E-state index in [1.165, 1.54) is 13.1 Å². The Morgan fingerprint density at radius 2 is 1.71 bits per heavy atom. The highest BCUT2D eigenvalue weighted by Gasteiger charge is 2.28. The predicted octanol–water partition coefficient (Wildman–Crippen LogP) is 3.05. The Kier molecular flexibility index (Phi) is 5.51. The van der Waals surface area contributed by atoms with Crippen LogP contribution in [0.25, 0.3) is 0 Å². The molecule has 0 saturated carbocycles. The number of anilines is 1. The lowest BCUT2D eigenvalue weighted by molar-refractivity contribution is -0.112. The van der Waals surface area contributed by atoms with Crippen LogP contribution in [0.1, 0.15) is 18.1 Å². The summed E-state index contributed by atoms with van der Waals surface area (Å²) >= 11 is 0. The first kappa shape index (κ1) is 19.6. The molecule has 146 valence electrons. The lowest BCUT2D eigenvalue weighted by atomic mass is 10.1. The van der Waals surface area contributed by atoms with E-state index in [9.17, 15) is 13.2 Å². The molecule has 28 heavy (non-hydrogen) atoms. The van der Waals surface area contributed by atoms with Crippen LogP contribution < -0.4 is 10.1 Å². The zero-order valence-corrected chi connectivity index (χ0v) is 16.7. The summed E-state index contributed by atoms with van der Waals surface area (Å²) in [5.41, 5.74) is 2.79. The largest absolute Gasteiger partial charge is 0.497 e. The highest BCUT2D eigenvalue weighted by Crippen LogP contribution is 2.22. The zero-order chi connectivity index (χ0) is 20.3. The van der Waals surface area contributed by atoms with E-state index in [-0.39, 0.29) is 17.8 Å². The van der Waals surface area contributed by atoms with Gasteiger partial charge in [-0.15, -0.1) is 4.40 Å². The van der Waals surface area contributed by atoms with Crippen LogP contribution in [0.2, 0.25) is 0 Å². The van der Waals surface area contributed by atoms with Crippen molar-refractivity contribution in [2.75, 3.05) is 12.4 Å². The first-order valence-electron chi connectivity index (χ1n) is 8.60. The predicted molar refractivity (Wildman–Crippen MR) is 108 cm³/mol. The Bertz CT molecular complexity index is 1040. The minimum absolute atomic E-state index is 0.0599. The number of methoxy groups -OCH3 is 1. The number of nitrogens with one attached hydrogen (secondary N) is 1. The molecule has 7 nitrogen and oxygen atoms in total. The molecule has 1 N–H and O–H groups in total. The smallest absolute Gasteiger partial charge is 0.344 e. The first-order valence-corrected chi connectivity index (χ1v) is 9.99. The summed E-state index contributed by atoms with van der Waals surface area (Å²) in [6.45, 7) is 3.52. The molecule has 0 radical (unpaired) electrons. The van der Waals surface area contributed by atoms with Gasteiger partial charge in [-0.25, -0.2) is 0 Å². The van der Waals surface area contributed by atoms with Crippen molar-refractivity contribution >= 4 is 27.5 Å². The topological polar surface area (TPSA) is 88.1 Å². The maximum absolute atomic E-state index is 12.7. The van der Waals surface area contributed by atoms with Gasteiger partial charge in [0.2, 0.25) is 0 Å². The summed E-state index contributed by atoms with van der Waals surface area (Å²) in [7, 11) is -2.34. The van der Waals surface area contributed by atoms with Gasteiger partial charge in [0, 0.05) is 11.9 Å². The molecule has 2 aromatic rings. The zero-order valence-electron chi connectivity index (χ0n) is 15.8. The molecule has 2 aromatic carbocycles. The minimum atomic E-state index is -3.90. The second kappa shape index (κ2) is 7.85. The van der Waals surface area contributed by atoms with Gasteiger partial charge in [0.1, 0.15) is 5.75 Å². The van der Waals surface area contributed by atoms with E-state index in [4.69, 9.17) is 4.74 Å². The fourth-order valence-corrected chi connectivity index (χ4v) is 3.78. The fraction of sp³-hybridized carbons (Fsp3) is 0.200. The molecule has 0 fully saturated rings. The highest BCUT2D eigenvalue weighted by atomic mass is 32.2. The average molecular weight is 399 g/mol. The van der Waals surface area contributed by atoms with E-state index in [1.54, 1.807) is 43.5 Å². The van der Waals surface area contributed by atoms with Crippen molar-refractivity contribution in [1.29, 1.82) is 0 Å². The third-order valence-corrected chi connectivity index (χ3v) is 5.59. The van der Waals surface area contributed by atoms with Crippen molar-refractivity contribution in [2.24, 2.45) is 4.40 Å². The summed E-state index contributed by atoms with van der Waals surface area (Å²) in [5, 5.41) is 2.77. The monoisotopic (exact) mass is 399 g/mol. The number of hydrogen-bond donors (Lipinski definition) is 1. The number of benzene rings is 2. The Labute approximate surface area is 164 Å². The van der Waals surface area contributed by atoms with Gasteiger partial charge in [-0.3, -0.25) is 9.10 Å². The van der Waals surface area contributed by atoms with Crippen molar-refractivity contribution in [2.45, 2.75) is 20.4 Å². The van der Waals surface area contributed by atoms with Crippen molar-refractivity contribution < 1.29 is 17.9 Å². The SMILES string of the molecule is COc1ccc(CN2C=C(C(=O)Nc3ccc(C)cc3)C(C)=NS2(=O)=O)cc1. The van der Waals surface area contributed by atoms with Crippen LogP contribution in [-0.2, 0) is 21.5 Å². The van der Waals surface area contributed by atoms with Gasteiger partial charge >= 0.3 is 10.2 Å². The number of nitrogens with zero attached hydrogens (tertiary/aromatic N) is 2. The molecule has 0 aromatic heterocycles. The lowest BCUT2D eigenvalue weighted by Crippen LogP contribution is -2.32. The quantitative estimate of drug-likeness (QED) is 0.837. The van der Waals surface area contributed by atoms with E-state index >= 15 is 0 Å². The Balaban J connectivity index is 1.83. The second-order valence-electron chi connectivity index (χ2n) is 6.41. The third kappa shape index (κ3) is 4.40. The number of rotatable bonds is 5. The van der Waals surface area contributed by atoms with Gasteiger partial charge in [0.15, 0.2) is 0 Å². The van der Waals surface area contributed by atoms with Crippen molar-refractivity contribution in [3.63, 3.8) is 0 Å². The van der Waals surface area contributed by atoms with Crippen LogP contribution in [0.5, 0.6) is 5.75 Å². The van der Waals surface area contributed by atoms with Gasteiger partial charge < -0.3 is 10.1 Å². The number of aryl methyl sites for hydroxylation is 1. The van der Waals surface area contributed by atoms with Crippen LogP contribution in [0, 0.1) is 6.92 Å². The molecule has 0 aliphatic carbocycles. The molecule has 0 unspecified atom stereocenters. The first-order chi connectivity index (χ1) is 13.3. The van der Waals surface area contributed by atoms with E-state index < -0.39 is 16.1 Å². The second-order valence-corrected chi connectivity index (χ2v) is 7.96. The Hall–Kier alpha value is -3.13. The number of carbonyl (C=O) groups excluding carboxylic acids is 1. The summed E-state index contributed by atoms with van der Waals surface area (Å²) in [4.78, 5) is 12.7. The third-order valence-electron chi connectivity index (χ3n) is 4.26. The molecule has 0 spiro atoms. The molecular formula is C20H21N3O4S. The van der Waals surface area contributed by atoms with Crippen LogP contribution >= 0.6 is 0 Å². The molecule has 1 aliphatic rings. The van der Waals surface area contributed by atoms with Gasteiger partial charge in [-0.05, 0) is 43.7 Å². The average Bonchev–Trinajstić information content (AvgIpc) is 2.66. The van der Waals surface area contributed by atoms with E-state index in [1.807, 2.05) is 19.1 Å². The van der Waals surface area contributed by atoms with Crippen LogP contribution in [0.15, 0.2) is 64.7 Å². The number of amides is 1. The molecule has 0 saturated heterocycles. The van der Waals surface area contributed by atoms with Crippen LogP contribution in [0.4, 0.5) is 5.69 Å². The van der Waals surface area contributed by atoms with E-state index in [0.717, 1.165) is 15.4 Å². The minimum Gasteiger partial charge on any atom is -0.497 e. The molecule has 1 aliphatic heterocycles. The normalized spacial score (nSPS) is 15.5. The summed E-state index contributed by atoms with van der Waals surface area (Å²) in [6, 6.07) is 14.4. The molecule has 0 bridgehead atoms. The molecule has 1 heterocycles. The van der Waals surface area contributed by atoms with Crippen molar-refractivity contribution in [3.05, 3.63) is 71.4 Å². The summed E-state index contributed by atoms with van der Waals surface area (Å²) in [5.74, 6) is 0.257. The summed E-state index contributed by atoms with van der Waals surface area (Å²) in [6.07, 6.45) is 1.32. The maximum Gasteiger partial charge on any atom is 0.344 e. The van der Waals surface area contributed by atoms with Gasteiger partial charge in [0.25, 0.3) is 5.91 Å². The van der Waals surface area contributed by atoms with Crippen molar-refractivity contribution in [3.8, 4) is 5.75 Å². The highest BCUT2D eigenvalue weighted by molar-refractivity contribution is 7.88. The van der Waals surface area contributed by atoms with Crippen LogP contribution in [-0.4, -0.2) is 31.5 Å². The molecule has 1 amide bonds. The molecular weight excluding hydrogens is 378 g/mol. The fourth-order valence-electron chi connectivity index (χ4n) is 2.68. The molecule has 8 heteroatoms. The Morgan fingerprint density at radius 1 is 1.07 bits per heavy atom. The molecule has 0 atom stereocenters. The number of ether oxygens (including phenoxy) is 1.